The maximum Gasteiger partial charge on any atom is 0.273 e. The summed E-state index contributed by atoms with van der Waals surface area (Å²) in [4.78, 5) is 16.4. The third kappa shape index (κ3) is 4.82. The van der Waals surface area contributed by atoms with E-state index in [-0.39, 0.29) is 23.2 Å². The summed E-state index contributed by atoms with van der Waals surface area (Å²) in [6.45, 7) is 1.88. The number of rotatable bonds is 7. The number of hydrogen-bond donors (Lipinski definition) is 1. The quantitative estimate of drug-likeness (QED) is 0.591. The second-order valence-corrected chi connectivity index (χ2v) is 5.50. The zero-order valence-electron chi connectivity index (χ0n) is 14.5. The van der Waals surface area contributed by atoms with E-state index in [1.54, 1.807) is 31.3 Å². The smallest absolute Gasteiger partial charge is 0.273 e. The van der Waals surface area contributed by atoms with Crippen molar-refractivity contribution in [2.45, 2.75) is 6.92 Å². The van der Waals surface area contributed by atoms with Gasteiger partial charge in [0, 0.05) is 25.4 Å². The highest BCUT2D eigenvalue weighted by atomic mass is 35.5. The van der Waals surface area contributed by atoms with Crippen LogP contribution in [0.15, 0.2) is 47.3 Å². The molecule has 0 saturated carbocycles. The summed E-state index contributed by atoms with van der Waals surface area (Å²) < 4.78 is 20.5. The van der Waals surface area contributed by atoms with E-state index in [9.17, 15) is 9.18 Å². The molecule has 7 nitrogen and oxygen atoms in total. The summed E-state index contributed by atoms with van der Waals surface area (Å²) in [5, 5.41) is 10.4. The van der Waals surface area contributed by atoms with Gasteiger partial charge < -0.3 is 14.9 Å². The number of benzene rings is 1. The van der Waals surface area contributed by atoms with Crippen molar-refractivity contribution in [1.82, 2.24) is 15.1 Å². The van der Waals surface area contributed by atoms with Crippen molar-refractivity contribution in [2.24, 2.45) is 5.16 Å². The average molecular weight is 381 g/mol. The predicted octanol–water partition coefficient (Wildman–Crippen LogP) is 2.74. The molecule has 9 heteroatoms. The van der Waals surface area contributed by atoms with Gasteiger partial charge in [-0.25, -0.2) is 9.07 Å². The first-order valence-electron chi connectivity index (χ1n) is 7.60. The van der Waals surface area contributed by atoms with Crippen LogP contribution in [0.1, 0.15) is 6.92 Å². The van der Waals surface area contributed by atoms with Gasteiger partial charge >= 0.3 is 0 Å². The molecule has 0 atom stereocenters. The third-order valence-corrected chi connectivity index (χ3v) is 3.66. The summed E-state index contributed by atoms with van der Waals surface area (Å²) in [6.07, 6.45) is 3.31. The lowest BCUT2D eigenvalue weighted by atomic mass is 10.1. The minimum absolute atomic E-state index is 0.0441. The molecule has 2 aromatic rings. The van der Waals surface area contributed by atoms with Gasteiger partial charge in [0.2, 0.25) is 5.88 Å². The summed E-state index contributed by atoms with van der Waals surface area (Å²) in [7, 11) is 2.86. The van der Waals surface area contributed by atoms with E-state index in [0.29, 0.717) is 17.1 Å². The largest absolute Gasteiger partial charge is 0.472 e. The van der Waals surface area contributed by atoms with Crippen molar-refractivity contribution in [3.63, 3.8) is 0 Å². The highest BCUT2D eigenvalue weighted by Crippen LogP contribution is 2.19. The van der Waals surface area contributed by atoms with Gasteiger partial charge in [-0.05, 0) is 30.7 Å². The molecule has 0 saturated heterocycles. The van der Waals surface area contributed by atoms with Crippen molar-refractivity contribution >= 4 is 23.2 Å². The molecule has 1 amide bonds. The minimum Gasteiger partial charge on any atom is -0.472 e. The first kappa shape index (κ1) is 19.5. The van der Waals surface area contributed by atoms with Crippen molar-refractivity contribution in [2.75, 3.05) is 20.8 Å². The number of halogens is 2. The van der Waals surface area contributed by atoms with Crippen LogP contribution >= 0.6 is 11.6 Å². The Bertz CT molecular complexity index is 848. The Balaban J connectivity index is 2.04. The first-order chi connectivity index (χ1) is 12.5. The zero-order chi connectivity index (χ0) is 19.1. The molecule has 1 aromatic carbocycles. The van der Waals surface area contributed by atoms with Crippen LogP contribution in [-0.4, -0.2) is 42.2 Å². The van der Waals surface area contributed by atoms with E-state index >= 15 is 0 Å². The van der Waals surface area contributed by atoms with Crippen molar-refractivity contribution in [1.29, 1.82) is 0 Å². The van der Waals surface area contributed by atoms with Crippen LogP contribution < -0.4 is 10.1 Å². The van der Waals surface area contributed by atoms with Gasteiger partial charge in [-0.15, -0.1) is 5.10 Å². The maximum atomic E-state index is 13.5. The van der Waals surface area contributed by atoms with Crippen molar-refractivity contribution in [3.8, 4) is 11.6 Å². The standard InChI is InChI=1S/C17H18ClFN4O3/c1-11(16(22-25-3)17(24)20-2)7-9-26-15-6-8-23(21-15)12-4-5-13(18)14(19)10-12/h4-8,10H,9H2,1-3H3,(H,20,24)/b11-7+,22-16+. The van der Waals surface area contributed by atoms with Crippen LogP contribution in [0.4, 0.5) is 4.39 Å². The molecule has 0 aliphatic heterocycles. The van der Waals surface area contributed by atoms with Gasteiger partial charge in [0.15, 0.2) is 5.71 Å². The lowest BCUT2D eigenvalue weighted by Crippen LogP contribution is -2.28. The summed E-state index contributed by atoms with van der Waals surface area (Å²) in [5.74, 6) is -0.552. The molecule has 1 N–H and O–H groups in total. The minimum atomic E-state index is -0.528. The molecule has 0 fully saturated rings. The Kier molecular flexibility index (Phi) is 6.74. The summed E-state index contributed by atoms with van der Waals surface area (Å²) in [5.41, 5.74) is 1.26. The number of nitrogens with zero attached hydrogens (tertiary/aromatic N) is 3. The van der Waals surface area contributed by atoms with E-state index < -0.39 is 5.82 Å². The summed E-state index contributed by atoms with van der Waals surface area (Å²) in [6, 6.07) is 6.01. The number of carbonyl (C=O) groups is 1. The Morgan fingerprint density at radius 3 is 2.88 bits per heavy atom. The number of nitrogens with one attached hydrogen (secondary N) is 1. The second kappa shape index (κ2) is 9.00. The van der Waals surface area contributed by atoms with Crippen LogP contribution in [0, 0.1) is 5.82 Å². The van der Waals surface area contributed by atoms with Crippen molar-refractivity contribution in [3.05, 3.63) is 53.0 Å². The van der Waals surface area contributed by atoms with E-state index in [1.165, 1.54) is 31.0 Å². The van der Waals surface area contributed by atoms with Gasteiger partial charge in [-0.2, -0.15) is 0 Å². The van der Waals surface area contributed by atoms with Gasteiger partial charge in [0.25, 0.3) is 5.91 Å². The molecule has 1 heterocycles. The second-order valence-electron chi connectivity index (χ2n) is 5.10. The van der Waals surface area contributed by atoms with Crippen LogP contribution in [-0.2, 0) is 9.63 Å². The fraction of sp³-hybridized carbons (Fsp3) is 0.235. The fourth-order valence-corrected chi connectivity index (χ4v) is 2.12. The van der Waals surface area contributed by atoms with Gasteiger partial charge in [-0.1, -0.05) is 16.8 Å². The molecule has 26 heavy (non-hydrogen) atoms. The highest BCUT2D eigenvalue weighted by Gasteiger charge is 2.12. The molecule has 0 radical (unpaired) electrons. The molecule has 0 aliphatic carbocycles. The zero-order valence-corrected chi connectivity index (χ0v) is 15.2. The molecular weight excluding hydrogens is 363 g/mol. The van der Waals surface area contributed by atoms with Crippen LogP contribution in [0.25, 0.3) is 5.69 Å². The molecule has 1 aromatic heterocycles. The number of amides is 1. The summed E-state index contributed by atoms with van der Waals surface area (Å²) >= 11 is 5.67. The molecule has 0 aliphatic rings. The van der Waals surface area contributed by atoms with E-state index in [1.807, 2.05) is 0 Å². The topological polar surface area (TPSA) is 77.7 Å². The van der Waals surface area contributed by atoms with E-state index in [4.69, 9.17) is 16.3 Å². The van der Waals surface area contributed by atoms with Crippen LogP contribution in [0.5, 0.6) is 5.88 Å². The number of hydrogen-bond acceptors (Lipinski definition) is 5. The van der Waals surface area contributed by atoms with E-state index in [0.717, 1.165) is 0 Å². The predicted molar refractivity (Wildman–Crippen MR) is 96.3 cm³/mol. The number of carbonyl (C=O) groups excluding carboxylic acids is 1. The van der Waals surface area contributed by atoms with Gasteiger partial charge in [-0.3, -0.25) is 4.79 Å². The Morgan fingerprint density at radius 2 is 2.23 bits per heavy atom. The van der Waals surface area contributed by atoms with Gasteiger partial charge in [0.1, 0.15) is 19.5 Å². The van der Waals surface area contributed by atoms with Crippen molar-refractivity contribution < 1.29 is 18.8 Å². The monoisotopic (exact) mass is 380 g/mol. The highest BCUT2D eigenvalue weighted by molar-refractivity contribution is 6.44. The SMILES string of the molecule is CNC(=O)C(=N/OC)/C(C)=C/COc1ccn(-c2ccc(Cl)c(F)c2)n1. The van der Waals surface area contributed by atoms with E-state index in [2.05, 4.69) is 20.4 Å². The van der Waals surface area contributed by atoms with Crippen LogP contribution in [0.2, 0.25) is 5.02 Å². The fourth-order valence-electron chi connectivity index (χ4n) is 2.01. The normalized spacial score (nSPS) is 12.0. The lowest BCUT2D eigenvalue weighted by molar-refractivity contribution is -0.114. The molecule has 0 spiro atoms. The number of aromatic nitrogens is 2. The maximum absolute atomic E-state index is 13.5. The Hall–Kier alpha value is -2.87. The Morgan fingerprint density at radius 1 is 1.46 bits per heavy atom. The molecule has 138 valence electrons. The molecule has 0 bridgehead atoms. The lowest BCUT2D eigenvalue weighted by Gasteiger charge is -2.05. The average Bonchev–Trinajstić information content (AvgIpc) is 3.10. The number of oxime groups is 1. The third-order valence-electron chi connectivity index (χ3n) is 3.35. The first-order valence-corrected chi connectivity index (χ1v) is 7.98. The number of ether oxygens (including phenoxy) is 1. The van der Waals surface area contributed by atoms with Crippen LogP contribution in [0.3, 0.4) is 0 Å². The molecule has 2 rings (SSSR count). The van der Waals surface area contributed by atoms with Gasteiger partial charge in [0.05, 0.1) is 10.7 Å². The Labute approximate surface area is 155 Å². The molecule has 0 unspecified atom stereocenters. The molecular formula is C17H18ClFN4O3.